The van der Waals surface area contributed by atoms with Gasteiger partial charge in [-0.3, -0.25) is 4.98 Å². The van der Waals surface area contributed by atoms with Crippen LogP contribution >= 0.6 is 0 Å². The Balaban J connectivity index is 1.34. The van der Waals surface area contributed by atoms with Gasteiger partial charge in [0.2, 0.25) is 0 Å². The molecule has 1 aromatic carbocycles. The molecule has 132 valence electrons. The largest absolute Gasteiger partial charge is 0.368 e. The van der Waals surface area contributed by atoms with E-state index < -0.39 is 0 Å². The zero-order chi connectivity index (χ0) is 17.8. The molecule has 3 aromatic rings. The SMILES string of the molecule is O=C(Nc1cnn(-c2ccccc2)c1)N1CCN(c2ccncc2)CC1. The average Bonchev–Trinajstić information content (AvgIpc) is 3.18. The fraction of sp³-hybridized carbons (Fsp3) is 0.211. The van der Waals surface area contributed by atoms with Crippen LogP contribution in [-0.2, 0) is 0 Å². The van der Waals surface area contributed by atoms with Crippen molar-refractivity contribution in [1.82, 2.24) is 19.7 Å². The second kappa shape index (κ2) is 7.26. The molecule has 1 N–H and O–H groups in total. The highest BCUT2D eigenvalue weighted by Crippen LogP contribution is 2.16. The number of hydrogen-bond donors (Lipinski definition) is 1. The Morgan fingerprint density at radius 2 is 1.65 bits per heavy atom. The highest BCUT2D eigenvalue weighted by atomic mass is 16.2. The van der Waals surface area contributed by atoms with Crippen molar-refractivity contribution in [2.24, 2.45) is 0 Å². The molecular weight excluding hydrogens is 328 g/mol. The number of carbonyl (C=O) groups excluding carboxylic acids is 1. The number of carbonyl (C=O) groups is 1. The van der Waals surface area contributed by atoms with E-state index in [0.717, 1.165) is 24.5 Å². The van der Waals surface area contributed by atoms with Crippen LogP contribution in [0.2, 0.25) is 0 Å². The lowest BCUT2D eigenvalue weighted by molar-refractivity contribution is 0.208. The topological polar surface area (TPSA) is 66.3 Å². The van der Waals surface area contributed by atoms with E-state index in [1.165, 1.54) is 0 Å². The van der Waals surface area contributed by atoms with Crippen LogP contribution in [0, 0.1) is 0 Å². The van der Waals surface area contributed by atoms with Crippen molar-refractivity contribution >= 4 is 17.4 Å². The highest BCUT2D eigenvalue weighted by Gasteiger charge is 2.21. The van der Waals surface area contributed by atoms with E-state index in [9.17, 15) is 4.79 Å². The summed E-state index contributed by atoms with van der Waals surface area (Å²) in [6.45, 7) is 2.98. The Labute approximate surface area is 151 Å². The van der Waals surface area contributed by atoms with Gasteiger partial charge in [0.1, 0.15) is 0 Å². The van der Waals surface area contributed by atoms with Crippen LogP contribution in [0.1, 0.15) is 0 Å². The predicted octanol–water partition coefficient (Wildman–Crippen LogP) is 2.62. The van der Waals surface area contributed by atoms with Crippen molar-refractivity contribution in [3.8, 4) is 5.69 Å². The van der Waals surface area contributed by atoms with Gasteiger partial charge < -0.3 is 15.1 Å². The van der Waals surface area contributed by atoms with E-state index in [4.69, 9.17) is 0 Å². The molecule has 3 heterocycles. The highest BCUT2D eigenvalue weighted by molar-refractivity contribution is 5.89. The molecule has 0 unspecified atom stereocenters. The Kier molecular flexibility index (Phi) is 4.51. The number of piperazine rings is 1. The zero-order valence-corrected chi connectivity index (χ0v) is 14.3. The van der Waals surface area contributed by atoms with Crippen molar-refractivity contribution in [2.75, 3.05) is 36.4 Å². The Bertz CT molecular complexity index is 856. The number of hydrogen-bond acceptors (Lipinski definition) is 4. The minimum absolute atomic E-state index is 0.0907. The molecule has 0 saturated carbocycles. The number of para-hydroxylation sites is 1. The number of aromatic nitrogens is 3. The predicted molar refractivity (Wildman–Crippen MR) is 101 cm³/mol. The minimum Gasteiger partial charge on any atom is -0.368 e. The van der Waals surface area contributed by atoms with E-state index in [-0.39, 0.29) is 6.03 Å². The first-order chi connectivity index (χ1) is 12.8. The van der Waals surface area contributed by atoms with Gasteiger partial charge in [-0.05, 0) is 24.3 Å². The second-order valence-corrected chi connectivity index (χ2v) is 6.12. The molecule has 0 radical (unpaired) electrons. The van der Waals surface area contributed by atoms with Crippen LogP contribution in [0.25, 0.3) is 5.69 Å². The minimum atomic E-state index is -0.0907. The van der Waals surface area contributed by atoms with E-state index in [1.807, 2.05) is 53.6 Å². The van der Waals surface area contributed by atoms with Crippen molar-refractivity contribution < 1.29 is 4.79 Å². The van der Waals surface area contributed by atoms with Gasteiger partial charge in [0.25, 0.3) is 0 Å². The standard InChI is InChI=1S/C19H20N6O/c26-19(22-16-14-21-25(15-16)18-4-2-1-3-5-18)24-12-10-23(11-13-24)17-6-8-20-9-7-17/h1-9,14-15H,10-13H2,(H,22,26). The van der Waals surface area contributed by atoms with Gasteiger partial charge in [-0.15, -0.1) is 0 Å². The van der Waals surface area contributed by atoms with Crippen molar-refractivity contribution in [3.63, 3.8) is 0 Å². The summed E-state index contributed by atoms with van der Waals surface area (Å²) in [5, 5.41) is 7.24. The molecule has 4 rings (SSSR count). The van der Waals surface area contributed by atoms with Crippen LogP contribution in [0.3, 0.4) is 0 Å². The molecule has 1 aliphatic heterocycles. The molecule has 7 nitrogen and oxygen atoms in total. The molecule has 1 fully saturated rings. The lowest BCUT2D eigenvalue weighted by Gasteiger charge is -2.35. The fourth-order valence-electron chi connectivity index (χ4n) is 3.03. The third-order valence-corrected chi connectivity index (χ3v) is 4.45. The molecule has 0 atom stereocenters. The van der Waals surface area contributed by atoms with E-state index in [2.05, 4.69) is 20.3 Å². The number of rotatable bonds is 3. The maximum atomic E-state index is 12.5. The fourth-order valence-corrected chi connectivity index (χ4v) is 3.03. The maximum absolute atomic E-state index is 12.5. The van der Waals surface area contributed by atoms with Crippen molar-refractivity contribution in [3.05, 3.63) is 67.3 Å². The molecule has 2 aromatic heterocycles. The van der Waals surface area contributed by atoms with E-state index in [1.54, 1.807) is 23.3 Å². The number of nitrogens with zero attached hydrogens (tertiary/aromatic N) is 5. The quantitative estimate of drug-likeness (QED) is 0.790. The van der Waals surface area contributed by atoms with Gasteiger partial charge in [0.15, 0.2) is 0 Å². The van der Waals surface area contributed by atoms with Crippen LogP contribution in [0.5, 0.6) is 0 Å². The van der Waals surface area contributed by atoms with Crippen LogP contribution in [-0.4, -0.2) is 51.9 Å². The first-order valence-corrected chi connectivity index (χ1v) is 8.60. The monoisotopic (exact) mass is 348 g/mol. The number of amides is 2. The molecular formula is C19H20N6O. The summed E-state index contributed by atoms with van der Waals surface area (Å²) in [5.41, 5.74) is 2.79. The van der Waals surface area contributed by atoms with Gasteiger partial charge in [0, 0.05) is 44.3 Å². The molecule has 7 heteroatoms. The number of benzene rings is 1. The molecule has 1 aliphatic rings. The number of urea groups is 1. The van der Waals surface area contributed by atoms with Gasteiger partial charge in [-0.2, -0.15) is 5.10 Å². The molecule has 26 heavy (non-hydrogen) atoms. The summed E-state index contributed by atoms with van der Waals surface area (Å²) < 4.78 is 1.75. The molecule has 0 bridgehead atoms. The van der Waals surface area contributed by atoms with Crippen LogP contribution in [0.4, 0.5) is 16.2 Å². The van der Waals surface area contributed by atoms with Crippen molar-refractivity contribution in [2.45, 2.75) is 0 Å². The second-order valence-electron chi connectivity index (χ2n) is 6.12. The van der Waals surface area contributed by atoms with Gasteiger partial charge >= 0.3 is 6.03 Å². The summed E-state index contributed by atoms with van der Waals surface area (Å²) >= 11 is 0. The number of pyridine rings is 1. The lowest BCUT2D eigenvalue weighted by Crippen LogP contribution is -2.50. The molecule has 1 saturated heterocycles. The van der Waals surface area contributed by atoms with Gasteiger partial charge in [0.05, 0.1) is 23.8 Å². The summed E-state index contributed by atoms with van der Waals surface area (Å²) in [4.78, 5) is 20.6. The first-order valence-electron chi connectivity index (χ1n) is 8.60. The Hall–Kier alpha value is -3.35. The van der Waals surface area contributed by atoms with Gasteiger partial charge in [-0.1, -0.05) is 18.2 Å². The van der Waals surface area contributed by atoms with Crippen LogP contribution < -0.4 is 10.2 Å². The Morgan fingerprint density at radius 1 is 0.923 bits per heavy atom. The van der Waals surface area contributed by atoms with Crippen molar-refractivity contribution in [1.29, 1.82) is 0 Å². The smallest absolute Gasteiger partial charge is 0.322 e. The maximum Gasteiger partial charge on any atom is 0.322 e. The first kappa shape index (κ1) is 16.1. The summed E-state index contributed by atoms with van der Waals surface area (Å²) in [5.74, 6) is 0. The van der Waals surface area contributed by atoms with E-state index in [0.29, 0.717) is 18.8 Å². The van der Waals surface area contributed by atoms with Crippen LogP contribution in [0.15, 0.2) is 67.3 Å². The summed E-state index contributed by atoms with van der Waals surface area (Å²) in [6, 6.07) is 13.7. The third kappa shape index (κ3) is 3.51. The molecule has 0 spiro atoms. The number of nitrogens with one attached hydrogen (secondary N) is 1. The Morgan fingerprint density at radius 3 is 2.38 bits per heavy atom. The molecule has 2 amide bonds. The van der Waals surface area contributed by atoms with Gasteiger partial charge in [-0.25, -0.2) is 9.48 Å². The third-order valence-electron chi connectivity index (χ3n) is 4.45. The summed E-state index contributed by atoms with van der Waals surface area (Å²) in [6.07, 6.45) is 7.07. The number of anilines is 2. The zero-order valence-electron chi connectivity index (χ0n) is 14.3. The molecule has 0 aliphatic carbocycles. The normalized spacial score (nSPS) is 14.3. The average molecular weight is 348 g/mol. The summed E-state index contributed by atoms with van der Waals surface area (Å²) in [7, 11) is 0. The van der Waals surface area contributed by atoms with E-state index >= 15 is 0 Å². The lowest BCUT2D eigenvalue weighted by atomic mass is 10.3.